The summed E-state index contributed by atoms with van der Waals surface area (Å²) in [4.78, 5) is 0.434. The van der Waals surface area contributed by atoms with E-state index in [4.69, 9.17) is 23.8 Å². The molecule has 0 aromatic heterocycles. The number of rotatable bonds is 3. The molecule has 0 spiro atoms. The van der Waals surface area contributed by atoms with Gasteiger partial charge in [-0.2, -0.15) is 0 Å². The summed E-state index contributed by atoms with van der Waals surface area (Å²) in [6.45, 7) is 0. The second kappa shape index (κ2) is 6.36. The number of nitrogens with one attached hydrogen (secondary N) is 1. The van der Waals surface area contributed by atoms with Crippen LogP contribution in [0.3, 0.4) is 0 Å². The zero-order valence-corrected chi connectivity index (χ0v) is 11.6. The highest BCUT2D eigenvalue weighted by atomic mass is 35.5. The van der Waals surface area contributed by atoms with Crippen molar-refractivity contribution in [3.63, 3.8) is 0 Å². The minimum Gasteiger partial charge on any atom is -0.507 e. The van der Waals surface area contributed by atoms with Gasteiger partial charge in [-0.05, 0) is 24.3 Å². The Balaban J connectivity index is 2.07. The maximum absolute atomic E-state index is 9.93. The van der Waals surface area contributed by atoms with Crippen LogP contribution in [0.4, 0.5) is 5.69 Å². The molecule has 2 nitrogen and oxygen atoms in total. The molecule has 0 aliphatic rings. The van der Waals surface area contributed by atoms with Crippen molar-refractivity contribution >= 4 is 40.3 Å². The van der Waals surface area contributed by atoms with Gasteiger partial charge < -0.3 is 10.4 Å². The molecule has 4 heteroatoms. The van der Waals surface area contributed by atoms with Gasteiger partial charge in [0.25, 0.3) is 0 Å². The molecule has 0 heterocycles. The van der Waals surface area contributed by atoms with Crippen molar-refractivity contribution in [2.45, 2.75) is 0 Å². The highest BCUT2D eigenvalue weighted by Crippen LogP contribution is 2.15. The molecule has 2 aromatic carbocycles. The van der Waals surface area contributed by atoms with E-state index in [1.165, 1.54) is 6.08 Å². The number of anilines is 1. The van der Waals surface area contributed by atoms with Crippen LogP contribution in [0.1, 0.15) is 5.56 Å². The Bertz CT molecular complexity index is 593. The van der Waals surface area contributed by atoms with E-state index in [0.29, 0.717) is 10.0 Å². The van der Waals surface area contributed by atoms with E-state index in [-0.39, 0.29) is 5.76 Å². The fourth-order valence-electron chi connectivity index (χ4n) is 1.53. The van der Waals surface area contributed by atoms with Gasteiger partial charge in [0.1, 0.15) is 10.7 Å². The lowest BCUT2D eigenvalue weighted by atomic mass is 10.2. The number of aliphatic hydroxyl groups excluding tert-OH is 1. The van der Waals surface area contributed by atoms with Gasteiger partial charge in [0.05, 0.1) is 0 Å². The lowest BCUT2D eigenvalue weighted by molar-refractivity contribution is 0.512. The molecule has 0 amide bonds. The SMILES string of the molecule is O/C(=C\C(=S)Nc1ccc(Cl)cc1)c1ccccc1. The predicted molar refractivity (Wildman–Crippen MR) is 84.7 cm³/mol. The van der Waals surface area contributed by atoms with E-state index in [2.05, 4.69) is 5.32 Å². The van der Waals surface area contributed by atoms with Crippen LogP contribution in [0, 0.1) is 0 Å². The van der Waals surface area contributed by atoms with Crippen LogP contribution in [0.5, 0.6) is 0 Å². The van der Waals surface area contributed by atoms with Gasteiger partial charge in [-0.15, -0.1) is 0 Å². The van der Waals surface area contributed by atoms with Gasteiger partial charge in [-0.25, -0.2) is 0 Å². The lowest BCUT2D eigenvalue weighted by Gasteiger charge is -2.05. The highest BCUT2D eigenvalue weighted by Gasteiger charge is 2.00. The van der Waals surface area contributed by atoms with Crippen molar-refractivity contribution in [1.29, 1.82) is 0 Å². The Morgan fingerprint density at radius 2 is 1.68 bits per heavy atom. The van der Waals surface area contributed by atoms with Crippen LogP contribution in [0.15, 0.2) is 60.7 Å². The maximum Gasteiger partial charge on any atom is 0.125 e. The van der Waals surface area contributed by atoms with Gasteiger partial charge in [0, 0.05) is 22.3 Å². The van der Waals surface area contributed by atoms with Gasteiger partial charge in [-0.1, -0.05) is 54.2 Å². The van der Waals surface area contributed by atoms with E-state index in [1.54, 1.807) is 12.1 Å². The fraction of sp³-hybridized carbons (Fsp3) is 0. The molecular formula is C15H12ClNOS. The molecule has 2 rings (SSSR count). The number of hydrogen-bond donors (Lipinski definition) is 2. The summed E-state index contributed by atoms with van der Waals surface area (Å²) in [6.07, 6.45) is 1.51. The van der Waals surface area contributed by atoms with Gasteiger partial charge in [0.2, 0.25) is 0 Å². The van der Waals surface area contributed by atoms with Crippen molar-refractivity contribution in [3.05, 3.63) is 71.3 Å². The quantitative estimate of drug-likeness (QED) is 0.489. The summed E-state index contributed by atoms with van der Waals surface area (Å²) >= 11 is 11.0. The average Bonchev–Trinajstić information content (AvgIpc) is 2.42. The topological polar surface area (TPSA) is 32.3 Å². The van der Waals surface area contributed by atoms with Gasteiger partial charge in [0.15, 0.2) is 0 Å². The molecular weight excluding hydrogens is 278 g/mol. The Morgan fingerprint density at radius 1 is 1.05 bits per heavy atom. The maximum atomic E-state index is 9.93. The Hall–Kier alpha value is -1.84. The van der Waals surface area contributed by atoms with Crippen LogP contribution in [0.25, 0.3) is 5.76 Å². The standard InChI is InChI=1S/C15H12ClNOS/c16-12-6-8-13(9-7-12)17-15(19)10-14(18)11-4-2-1-3-5-11/h1-10,18H,(H,17,19)/b14-10-. The molecule has 0 atom stereocenters. The summed E-state index contributed by atoms with van der Waals surface area (Å²) in [6, 6.07) is 16.4. The number of halogens is 1. The molecule has 0 bridgehead atoms. The first-order valence-corrected chi connectivity index (χ1v) is 6.46. The average molecular weight is 290 g/mol. The van der Waals surface area contributed by atoms with Crippen LogP contribution < -0.4 is 5.32 Å². The predicted octanol–water partition coefficient (Wildman–Crippen LogP) is 4.68. The summed E-state index contributed by atoms with van der Waals surface area (Å²) in [5.41, 5.74) is 1.55. The van der Waals surface area contributed by atoms with E-state index in [1.807, 2.05) is 42.5 Å². The number of aliphatic hydroxyl groups is 1. The minimum atomic E-state index is 0.132. The molecule has 0 fully saturated rings. The zero-order chi connectivity index (χ0) is 13.7. The molecule has 0 aliphatic heterocycles. The molecule has 0 aliphatic carbocycles. The van der Waals surface area contributed by atoms with Crippen molar-refractivity contribution in [1.82, 2.24) is 0 Å². The monoisotopic (exact) mass is 289 g/mol. The highest BCUT2D eigenvalue weighted by molar-refractivity contribution is 7.81. The summed E-state index contributed by atoms with van der Waals surface area (Å²) < 4.78 is 0. The Labute approximate surface area is 122 Å². The van der Waals surface area contributed by atoms with E-state index < -0.39 is 0 Å². The minimum absolute atomic E-state index is 0.132. The van der Waals surface area contributed by atoms with Gasteiger partial charge in [-0.3, -0.25) is 0 Å². The first-order valence-electron chi connectivity index (χ1n) is 5.68. The van der Waals surface area contributed by atoms with Crippen molar-refractivity contribution in [2.75, 3.05) is 5.32 Å². The normalized spacial score (nSPS) is 11.1. The van der Waals surface area contributed by atoms with Crippen LogP contribution in [-0.4, -0.2) is 10.1 Å². The molecule has 2 N–H and O–H groups in total. The molecule has 0 saturated heterocycles. The number of thiocarbonyl (C=S) groups is 1. The molecule has 0 unspecified atom stereocenters. The Morgan fingerprint density at radius 3 is 2.32 bits per heavy atom. The smallest absolute Gasteiger partial charge is 0.125 e. The van der Waals surface area contributed by atoms with Crippen molar-refractivity contribution < 1.29 is 5.11 Å². The van der Waals surface area contributed by atoms with Crippen molar-refractivity contribution in [3.8, 4) is 0 Å². The second-order valence-corrected chi connectivity index (χ2v) is 4.77. The third-order valence-electron chi connectivity index (χ3n) is 2.45. The van der Waals surface area contributed by atoms with Gasteiger partial charge >= 0.3 is 0 Å². The van der Waals surface area contributed by atoms with Crippen LogP contribution in [-0.2, 0) is 0 Å². The van der Waals surface area contributed by atoms with Crippen LogP contribution in [0.2, 0.25) is 5.02 Å². The van der Waals surface area contributed by atoms with E-state index >= 15 is 0 Å². The molecule has 0 radical (unpaired) electrons. The second-order valence-electron chi connectivity index (χ2n) is 3.89. The fourth-order valence-corrected chi connectivity index (χ4v) is 1.88. The van der Waals surface area contributed by atoms with E-state index in [9.17, 15) is 5.11 Å². The first kappa shape index (κ1) is 13.6. The molecule has 0 saturated carbocycles. The summed E-state index contributed by atoms with van der Waals surface area (Å²) in [5, 5.41) is 13.6. The molecule has 19 heavy (non-hydrogen) atoms. The third kappa shape index (κ3) is 4.09. The first-order chi connectivity index (χ1) is 9.15. The van der Waals surface area contributed by atoms with E-state index in [0.717, 1.165) is 11.3 Å². The number of hydrogen-bond acceptors (Lipinski definition) is 2. The largest absolute Gasteiger partial charge is 0.507 e. The third-order valence-corrected chi connectivity index (χ3v) is 2.92. The molecule has 2 aromatic rings. The Kier molecular flexibility index (Phi) is 4.55. The summed E-state index contributed by atoms with van der Waals surface area (Å²) in [5.74, 6) is 0.132. The molecule has 96 valence electrons. The lowest BCUT2D eigenvalue weighted by Crippen LogP contribution is -2.06. The number of benzene rings is 2. The van der Waals surface area contributed by atoms with Crippen molar-refractivity contribution in [2.24, 2.45) is 0 Å². The summed E-state index contributed by atoms with van der Waals surface area (Å²) in [7, 11) is 0. The van der Waals surface area contributed by atoms with Crippen LogP contribution >= 0.6 is 23.8 Å². The zero-order valence-electron chi connectivity index (χ0n) is 10.0.